The van der Waals surface area contributed by atoms with E-state index in [4.69, 9.17) is 11.6 Å². The third kappa shape index (κ3) is 3.56. The highest BCUT2D eigenvalue weighted by molar-refractivity contribution is 7.18. The Balaban J connectivity index is 1.42. The molecule has 1 amide bonds. The zero-order chi connectivity index (χ0) is 22.6. The van der Waals surface area contributed by atoms with Gasteiger partial charge in [0.15, 0.2) is 0 Å². The van der Waals surface area contributed by atoms with Gasteiger partial charge >= 0.3 is 5.69 Å². The van der Waals surface area contributed by atoms with E-state index < -0.39 is 6.04 Å². The van der Waals surface area contributed by atoms with Gasteiger partial charge in [-0.1, -0.05) is 23.7 Å². The minimum absolute atomic E-state index is 0.121. The standard InChI is InChI=1S/C23H25ClN4O3S/c1-26(2)13-23(10-11-23)14-3-5-15(6-4-14)28-21(30)19-16(9-12-27(19)22(28)31)25-20(29)17-7-8-18(24)32-17/h3-8,16,30H,9-13H2,1-2H3,(H,25,29)/t16-/m1/s1. The number of carbonyl (C=O) groups excluding carboxylic acids is 1. The van der Waals surface area contributed by atoms with E-state index in [2.05, 4.69) is 36.4 Å². The summed E-state index contributed by atoms with van der Waals surface area (Å²) < 4.78 is 3.41. The molecule has 0 spiro atoms. The molecule has 1 aliphatic heterocycles. The smallest absolute Gasteiger partial charge is 0.335 e. The average molecular weight is 473 g/mol. The number of hydrogen-bond donors (Lipinski definition) is 2. The summed E-state index contributed by atoms with van der Waals surface area (Å²) in [7, 11) is 4.16. The Labute approximate surface area is 194 Å². The molecule has 2 aromatic heterocycles. The fraction of sp³-hybridized carbons (Fsp3) is 0.391. The van der Waals surface area contributed by atoms with Crippen LogP contribution in [-0.2, 0) is 12.0 Å². The highest BCUT2D eigenvalue weighted by Crippen LogP contribution is 2.48. The molecule has 3 heterocycles. The molecule has 7 nitrogen and oxygen atoms in total. The molecule has 2 N–H and O–H groups in total. The maximum absolute atomic E-state index is 13.1. The zero-order valence-corrected chi connectivity index (χ0v) is 19.5. The number of halogens is 1. The van der Waals surface area contributed by atoms with Gasteiger partial charge in [0.2, 0.25) is 5.88 Å². The van der Waals surface area contributed by atoms with Crippen LogP contribution < -0.4 is 11.0 Å². The number of benzene rings is 1. The summed E-state index contributed by atoms with van der Waals surface area (Å²) >= 11 is 7.13. The van der Waals surface area contributed by atoms with Gasteiger partial charge in [0, 0.05) is 18.5 Å². The molecule has 1 atom stereocenters. The van der Waals surface area contributed by atoms with E-state index in [0.717, 1.165) is 19.4 Å². The van der Waals surface area contributed by atoms with Gasteiger partial charge in [-0.2, -0.15) is 0 Å². The molecule has 1 saturated carbocycles. The summed E-state index contributed by atoms with van der Waals surface area (Å²) in [4.78, 5) is 28.3. The minimum atomic E-state index is -0.438. The van der Waals surface area contributed by atoms with Crippen molar-refractivity contribution in [1.29, 1.82) is 0 Å². The van der Waals surface area contributed by atoms with Gasteiger partial charge in [0.1, 0.15) is 5.69 Å². The molecule has 0 unspecified atom stereocenters. The van der Waals surface area contributed by atoms with E-state index in [1.165, 1.54) is 21.5 Å². The topological polar surface area (TPSA) is 79.5 Å². The first-order chi connectivity index (χ1) is 15.3. The molecule has 9 heteroatoms. The van der Waals surface area contributed by atoms with E-state index in [-0.39, 0.29) is 22.9 Å². The van der Waals surface area contributed by atoms with E-state index in [1.54, 1.807) is 16.7 Å². The summed E-state index contributed by atoms with van der Waals surface area (Å²) in [6.45, 7) is 1.43. The Bertz CT molecular complexity index is 1240. The number of carbonyl (C=O) groups is 1. The van der Waals surface area contributed by atoms with Crippen LogP contribution in [0.15, 0.2) is 41.2 Å². The largest absolute Gasteiger partial charge is 0.493 e. The number of likely N-dealkylation sites (N-methyl/N-ethyl adjacent to an activating group) is 1. The minimum Gasteiger partial charge on any atom is -0.493 e. The Morgan fingerprint density at radius 2 is 1.97 bits per heavy atom. The van der Waals surface area contributed by atoms with Crippen molar-refractivity contribution in [3.8, 4) is 11.6 Å². The second-order valence-electron chi connectivity index (χ2n) is 8.96. The number of fused-ring (bicyclic) bond motifs is 1. The number of nitrogens with zero attached hydrogens (tertiary/aromatic N) is 3. The zero-order valence-electron chi connectivity index (χ0n) is 18.0. The van der Waals surface area contributed by atoms with Crippen molar-refractivity contribution in [2.24, 2.45) is 0 Å². The molecule has 168 valence electrons. The summed E-state index contributed by atoms with van der Waals surface area (Å²) in [5.74, 6) is -0.385. The molecule has 0 bridgehead atoms. The van der Waals surface area contributed by atoms with Gasteiger partial charge in [-0.3, -0.25) is 9.36 Å². The van der Waals surface area contributed by atoms with E-state index >= 15 is 0 Å². The lowest BCUT2D eigenvalue weighted by atomic mass is 9.95. The van der Waals surface area contributed by atoms with Crippen molar-refractivity contribution in [1.82, 2.24) is 19.4 Å². The van der Waals surface area contributed by atoms with Crippen molar-refractivity contribution >= 4 is 28.8 Å². The molecule has 0 radical (unpaired) electrons. The summed E-state index contributed by atoms with van der Waals surface area (Å²) in [5.41, 5.74) is 2.22. The second-order valence-corrected chi connectivity index (χ2v) is 10.7. The van der Waals surface area contributed by atoms with Crippen LogP contribution in [0.25, 0.3) is 5.69 Å². The third-order valence-corrected chi connectivity index (χ3v) is 7.67. The van der Waals surface area contributed by atoms with Crippen LogP contribution in [0.1, 0.15) is 46.2 Å². The normalized spacial score (nSPS) is 18.7. The summed E-state index contributed by atoms with van der Waals surface area (Å²) in [6, 6.07) is 10.8. The van der Waals surface area contributed by atoms with Crippen LogP contribution in [0.2, 0.25) is 4.34 Å². The van der Waals surface area contributed by atoms with Gasteiger partial charge in [-0.15, -0.1) is 11.3 Å². The quantitative estimate of drug-likeness (QED) is 0.575. The lowest BCUT2D eigenvalue weighted by Crippen LogP contribution is -2.26. The summed E-state index contributed by atoms with van der Waals surface area (Å²) in [6.07, 6.45) is 2.87. The number of nitrogens with one attached hydrogen (secondary N) is 1. The van der Waals surface area contributed by atoms with Crippen LogP contribution in [0.3, 0.4) is 0 Å². The monoisotopic (exact) mass is 472 g/mol. The molecular formula is C23H25ClN4O3S. The second kappa shape index (κ2) is 7.79. The molecule has 32 heavy (non-hydrogen) atoms. The molecule has 3 aromatic rings. The first-order valence-electron chi connectivity index (χ1n) is 10.7. The fourth-order valence-corrected chi connectivity index (χ4v) is 5.75. The highest BCUT2D eigenvalue weighted by Gasteiger charge is 2.44. The van der Waals surface area contributed by atoms with E-state index in [0.29, 0.717) is 33.6 Å². The van der Waals surface area contributed by atoms with Crippen molar-refractivity contribution in [3.05, 3.63) is 67.4 Å². The number of amides is 1. The van der Waals surface area contributed by atoms with Crippen LogP contribution in [0, 0.1) is 0 Å². The first-order valence-corrected chi connectivity index (χ1v) is 11.8. The van der Waals surface area contributed by atoms with E-state index in [1.807, 2.05) is 12.1 Å². The number of thiophene rings is 1. The maximum atomic E-state index is 13.1. The van der Waals surface area contributed by atoms with Crippen LogP contribution in [-0.4, -0.2) is 45.7 Å². The Morgan fingerprint density at radius 3 is 2.56 bits per heavy atom. The van der Waals surface area contributed by atoms with Gasteiger partial charge in [0.05, 0.1) is 20.9 Å². The predicted octanol–water partition coefficient (Wildman–Crippen LogP) is 3.53. The molecule has 1 fully saturated rings. The number of rotatable bonds is 6. The Morgan fingerprint density at radius 1 is 1.25 bits per heavy atom. The maximum Gasteiger partial charge on any atom is 0.335 e. The molecule has 1 aliphatic carbocycles. The number of aromatic hydroxyl groups is 1. The average Bonchev–Trinajstić information content (AvgIpc) is 3.09. The van der Waals surface area contributed by atoms with Crippen LogP contribution in [0.5, 0.6) is 5.88 Å². The van der Waals surface area contributed by atoms with Crippen molar-refractivity contribution in [2.45, 2.75) is 37.3 Å². The van der Waals surface area contributed by atoms with Gasteiger partial charge < -0.3 is 15.3 Å². The first kappa shape index (κ1) is 21.3. The lowest BCUT2D eigenvalue weighted by Gasteiger charge is -2.21. The Hall–Kier alpha value is -2.55. The number of imidazole rings is 1. The molecule has 5 rings (SSSR count). The van der Waals surface area contributed by atoms with Crippen molar-refractivity contribution in [3.63, 3.8) is 0 Å². The van der Waals surface area contributed by atoms with E-state index in [9.17, 15) is 14.7 Å². The molecular weight excluding hydrogens is 448 g/mol. The van der Waals surface area contributed by atoms with Gasteiger partial charge in [-0.25, -0.2) is 9.36 Å². The van der Waals surface area contributed by atoms with Crippen molar-refractivity contribution in [2.75, 3.05) is 20.6 Å². The Kier molecular flexibility index (Phi) is 5.19. The lowest BCUT2D eigenvalue weighted by molar-refractivity contribution is 0.0940. The van der Waals surface area contributed by atoms with Crippen LogP contribution in [0.4, 0.5) is 0 Å². The van der Waals surface area contributed by atoms with Crippen molar-refractivity contribution < 1.29 is 9.90 Å². The molecule has 1 aromatic carbocycles. The van der Waals surface area contributed by atoms with Gasteiger partial charge in [0.25, 0.3) is 5.91 Å². The molecule has 2 aliphatic rings. The van der Waals surface area contributed by atoms with Gasteiger partial charge in [-0.05, 0) is 63.2 Å². The summed E-state index contributed by atoms with van der Waals surface area (Å²) in [5, 5.41) is 13.9. The third-order valence-electron chi connectivity index (χ3n) is 6.44. The van der Waals surface area contributed by atoms with Crippen LogP contribution >= 0.6 is 22.9 Å². The molecule has 0 saturated heterocycles. The number of aromatic nitrogens is 2. The number of hydrogen-bond acceptors (Lipinski definition) is 5. The predicted molar refractivity (Wildman–Crippen MR) is 125 cm³/mol. The SMILES string of the molecule is CN(C)CC1(c2ccc(-n3c(O)c4n(c3=O)CC[C@H]4NC(=O)c3ccc(Cl)s3)cc2)CC1. The fourth-order valence-electron chi connectivity index (χ4n) is 4.80. The highest BCUT2D eigenvalue weighted by atomic mass is 35.5.